The van der Waals surface area contributed by atoms with Crippen LogP contribution < -0.4 is 4.74 Å². The first-order chi connectivity index (χ1) is 10.7. The van der Waals surface area contributed by atoms with Gasteiger partial charge in [-0.2, -0.15) is 0 Å². The number of hydrogen-bond acceptors (Lipinski definition) is 2. The molecule has 0 N–H and O–H groups in total. The van der Waals surface area contributed by atoms with Gasteiger partial charge in [-0.25, -0.2) is 0 Å². The van der Waals surface area contributed by atoms with E-state index in [1.165, 1.54) is 27.8 Å². The minimum absolute atomic E-state index is 0. The van der Waals surface area contributed by atoms with Gasteiger partial charge in [0.1, 0.15) is 5.75 Å². The van der Waals surface area contributed by atoms with Gasteiger partial charge in [-0.1, -0.05) is 36.4 Å². The van der Waals surface area contributed by atoms with E-state index < -0.39 is 0 Å². The summed E-state index contributed by atoms with van der Waals surface area (Å²) in [5.41, 5.74) is 6.98. The molecule has 2 aromatic rings. The third kappa shape index (κ3) is 3.77. The van der Waals surface area contributed by atoms with Crippen LogP contribution in [0.25, 0.3) is 5.57 Å². The zero-order valence-electron chi connectivity index (χ0n) is 14.0. The average Bonchev–Trinajstić information content (AvgIpc) is 2.54. The van der Waals surface area contributed by atoms with Gasteiger partial charge in [-0.15, -0.1) is 12.4 Å². The molecular formula is C20H24ClNO. The number of halogens is 1. The van der Waals surface area contributed by atoms with Crippen LogP contribution in [0.2, 0.25) is 0 Å². The number of aryl methyl sites for hydroxylation is 1. The first-order valence-electron chi connectivity index (χ1n) is 7.78. The number of benzene rings is 2. The molecule has 0 aliphatic heterocycles. The molecule has 0 fully saturated rings. The summed E-state index contributed by atoms with van der Waals surface area (Å²) in [6, 6.07) is 17.2. The third-order valence-corrected chi connectivity index (χ3v) is 4.20. The number of likely N-dealkylation sites (N-methyl/N-ethyl adjacent to an activating group) is 1. The van der Waals surface area contributed by atoms with Crippen molar-refractivity contribution in [3.05, 3.63) is 70.8 Å². The lowest BCUT2D eigenvalue weighted by Crippen LogP contribution is -2.19. The van der Waals surface area contributed by atoms with Crippen LogP contribution in [0.4, 0.5) is 0 Å². The zero-order chi connectivity index (χ0) is 15.5. The summed E-state index contributed by atoms with van der Waals surface area (Å²) in [4.78, 5) is 2.26. The van der Waals surface area contributed by atoms with E-state index in [2.05, 4.69) is 67.5 Å². The maximum absolute atomic E-state index is 5.39. The second kappa shape index (κ2) is 7.67. The summed E-state index contributed by atoms with van der Waals surface area (Å²) in [6.07, 6.45) is 2.20. The molecule has 23 heavy (non-hydrogen) atoms. The Morgan fingerprint density at radius 3 is 2.39 bits per heavy atom. The first-order valence-corrected chi connectivity index (χ1v) is 7.78. The van der Waals surface area contributed by atoms with Crippen LogP contribution >= 0.6 is 12.4 Å². The van der Waals surface area contributed by atoms with E-state index in [0.717, 1.165) is 25.1 Å². The molecule has 3 heteroatoms. The van der Waals surface area contributed by atoms with E-state index >= 15 is 0 Å². The Kier molecular flexibility index (Phi) is 5.86. The summed E-state index contributed by atoms with van der Waals surface area (Å²) < 4.78 is 5.39. The molecule has 122 valence electrons. The van der Waals surface area contributed by atoms with E-state index in [1.54, 1.807) is 7.11 Å². The second-order valence-corrected chi connectivity index (χ2v) is 6.11. The summed E-state index contributed by atoms with van der Waals surface area (Å²) in [5, 5.41) is 0. The van der Waals surface area contributed by atoms with Gasteiger partial charge in [-0.3, -0.25) is 0 Å². The van der Waals surface area contributed by atoms with Crippen molar-refractivity contribution in [2.75, 3.05) is 27.7 Å². The van der Waals surface area contributed by atoms with Crippen molar-refractivity contribution in [1.29, 1.82) is 0 Å². The first kappa shape index (κ1) is 17.6. The SMILES string of the molecule is COc1ccc2c(c1)CCC(CN(C)C)=C2c1ccccc1.Cl. The molecule has 0 radical (unpaired) electrons. The molecular weight excluding hydrogens is 306 g/mol. The van der Waals surface area contributed by atoms with Gasteiger partial charge >= 0.3 is 0 Å². The van der Waals surface area contributed by atoms with E-state index in [-0.39, 0.29) is 12.4 Å². The van der Waals surface area contributed by atoms with E-state index in [4.69, 9.17) is 4.74 Å². The number of nitrogens with zero attached hydrogens (tertiary/aromatic N) is 1. The molecule has 2 aromatic carbocycles. The minimum atomic E-state index is 0. The van der Waals surface area contributed by atoms with Gasteiger partial charge in [-0.05, 0) is 66.9 Å². The Morgan fingerprint density at radius 2 is 1.74 bits per heavy atom. The smallest absolute Gasteiger partial charge is 0.119 e. The van der Waals surface area contributed by atoms with Gasteiger partial charge in [0.05, 0.1) is 7.11 Å². The second-order valence-electron chi connectivity index (χ2n) is 6.11. The number of ether oxygens (including phenoxy) is 1. The molecule has 1 aliphatic carbocycles. The maximum Gasteiger partial charge on any atom is 0.119 e. The Labute approximate surface area is 145 Å². The Balaban J connectivity index is 0.00000192. The molecule has 0 atom stereocenters. The Morgan fingerprint density at radius 1 is 1.00 bits per heavy atom. The Hall–Kier alpha value is -1.77. The fraction of sp³-hybridized carbons (Fsp3) is 0.300. The van der Waals surface area contributed by atoms with Crippen LogP contribution in [-0.2, 0) is 6.42 Å². The molecule has 0 aromatic heterocycles. The van der Waals surface area contributed by atoms with E-state index in [1.807, 2.05) is 0 Å². The molecule has 0 heterocycles. The molecule has 0 spiro atoms. The quantitative estimate of drug-likeness (QED) is 0.823. The lowest BCUT2D eigenvalue weighted by Gasteiger charge is -2.26. The van der Waals surface area contributed by atoms with Crippen molar-refractivity contribution in [3.63, 3.8) is 0 Å². The van der Waals surface area contributed by atoms with Crippen LogP contribution in [0.15, 0.2) is 54.1 Å². The van der Waals surface area contributed by atoms with Crippen molar-refractivity contribution in [1.82, 2.24) is 4.90 Å². The highest BCUT2D eigenvalue weighted by molar-refractivity contribution is 5.86. The van der Waals surface area contributed by atoms with E-state index in [0.29, 0.717) is 0 Å². The molecule has 0 saturated carbocycles. The number of rotatable bonds is 4. The summed E-state index contributed by atoms with van der Waals surface area (Å²) in [5.74, 6) is 0.947. The van der Waals surface area contributed by atoms with Crippen molar-refractivity contribution < 1.29 is 4.74 Å². The molecule has 0 amide bonds. The fourth-order valence-electron chi connectivity index (χ4n) is 3.25. The summed E-state index contributed by atoms with van der Waals surface area (Å²) in [7, 11) is 6.01. The van der Waals surface area contributed by atoms with Crippen LogP contribution in [0.3, 0.4) is 0 Å². The Bertz CT molecular complexity index is 692. The highest BCUT2D eigenvalue weighted by Crippen LogP contribution is 2.37. The molecule has 0 saturated heterocycles. The fourth-order valence-corrected chi connectivity index (χ4v) is 3.25. The van der Waals surface area contributed by atoms with Crippen LogP contribution in [0.1, 0.15) is 23.1 Å². The van der Waals surface area contributed by atoms with Crippen LogP contribution in [0.5, 0.6) is 5.75 Å². The highest BCUT2D eigenvalue weighted by atomic mass is 35.5. The maximum atomic E-state index is 5.39. The molecule has 3 rings (SSSR count). The topological polar surface area (TPSA) is 12.5 Å². The van der Waals surface area contributed by atoms with Gasteiger partial charge in [0, 0.05) is 6.54 Å². The van der Waals surface area contributed by atoms with Crippen molar-refractivity contribution in [2.45, 2.75) is 12.8 Å². The number of hydrogen-bond donors (Lipinski definition) is 0. The summed E-state index contributed by atoms with van der Waals surface area (Å²) in [6.45, 7) is 1.01. The van der Waals surface area contributed by atoms with Crippen molar-refractivity contribution in [3.8, 4) is 5.75 Å². The predicted molar refractivity (Wildman–Crippen MR) is 99.6 cm³/mol. The molecule has 0 bridgehead atoms. The van der Waals surface area contributed by atoms with Crippen molar-refractivity contribution >= 4 is 18.0 Å². The molecule has 2 nitrogen and oxygen atoms in total. The highest BCUT2D eigenvalue weighted by Gasteiger charge is 2.21. The van der Waals surface area contributed by atoms with Gasteiger partial charge in [0.15, 0.2) is 0 Å². The molecule has 1 aliphatic rings. The summed E-state index contributed by atoms with van der Waals surface area (Å²) >= 11 is 0. The minimum Gasteiger partial charge on any atom is -0.497 e. The van der Waals surface area contributed by atoms with Crippen LogP contribution in [0, 0.1) is 0 Å². The number of methoxy groups -OCH3 is 1. The van der Waals surface area contributed by atoms with Gasteiger partial charge in [0.2, 0.25) is 0 Å². The lowest BCUT2D eigenvalue weighted by atomic mass is 9.82. The van der Waals surface area contributed by atoms with Gasteiger partial charge in [0.25, 0.3) is 0 Å². The average molecular weight is 330 g/mol. The number of fused-ring (bicyclic) bond motifs is 1. The predicted octanol–water partition coefficient (Wildman–Crippen LogP) is 4.43. The van der Waals surface area contributed by atoms with Gasteiger partial charge < -0.3 is 9.64 Å². The standard InChI is InChI=1S/C20H23NO.ClH/c1-21(2)14-17-10-9-16-13-18(22-3)11-12-19(16)20(17)15-7-5-4-6-8-15;/h4-8,11-13H,9-10,14H2,1-3H3;1H. The molecule has 0 unspecified atom stereocenters. The zero-order valence-corrected chi connectivity index (χ0v) is 14.8. The lowest BCUT2D eigenvalue weighted by molar-refractivity contribution is 0.414. The van der Waals surface area contributed by atoms with E-state index in [9.17, 15) is 0 Å². The van der Waals surface area contributed by atoms with Crippen molar-refractivity contribution in [2.24, 2.45) is 0 Å². The van der Waals surface area contributed by atoms with Crippen LogP contribution in [-0.4, -0.2) is 32.6 Å². The largest absolute Gasteiger partial charge is 0.497 e. The normalized spacial score (nSPS) is 13.6. The monoisotopic (exact) mass is 329 g/mol. The third-order valence-electron chi connectivity index (χ3n) is 4.20.